The molecule has 124 valence electrons. The Balaban J connectivity index is 2.07. The molecule has 2 aromatic rings. The number of benzene rings is 1. The van der Waals surface area contributed by atoms with Crippen LogP contribution in [0.3, 0.4) is 0 Å². The minimum Gasteiger partial charge on any atom is -0.357 e. The molecule has 0 radical (unpaired) electrons. The molecule has 1 heterocycles. The van der Waals surface area contributed by atoms with Crippen molar-refractivity contribution < 1.29 is 4.39 Å². The Morgan fingerprint density at radius 2 is 2.17 bits per heavy atom. The first-order valence-electron chi connectivity index (χ1n) is 7.65. The van der Waals surface area contributed by atoms with Gasteiger partial charge >= 0.3 is 0 Å². The fraction of sp³-hybridized carbons (Fsp3) is 0.412. The summed E-state index contributed by atoms with van der Waals surface area (Å²) in [6, 6.07) is 5.11. The second kappa shape index (κ2) is 8.06. The highest BCUT2D eigenvalue weighted by Crippen LogP contribution is 2.12. The Morgan fingerprint density at radius 3 is 2.78 bits per heavy atom. The summed E-state index contributed by atoms with van der Waals surface area (Å²) in [6.07, 6.45) is 0. The molecule has 0 saturated carbocycles. The summed E-state index contributed by atoms with van der Waals surface area (Å²) in [5.74, 6) is 0.640. The van der Waals surface area contributed by atoms with Crippen molar-refractivity contribution in [1.82, 2.24) is 15.2 Å². The number of guanidine groups is 1. The van der Waals surface area contributed by atoms with E-state index in [4.69, 9.17) is 0 Å². The number of nitrogens with zero attached hydrogens (tertiary/aromatic N) is 3. The molecule has 0 atom stereocenters. The molecule has 6 heteroatoms. The zero-order valence-electron chi connectivity index (χ0n) is 14.1. The molecular formula is C17H23FN4S. The SMILES string of the molecule is CCNC(=NCc1ccc(F)c(C)c1)N(C)Cc1csc(C)n1. The van der Waals surface area contributed by atoms with E-state index in [9.17, 15) is 4.39 Å². The first-order valence-corrected chi connectivity index (χ1v) is 8.53. The molecule has 0 amide bonds. The minimum atomic E-state index is -0.180. The number of nitrogens with one attached hydrogen (secondary N) is 1. The zero-order chi connectivity index (χ0) is 16.8. The molecular weight excluding hydrogens is 311 g/mol. The standard InChI is InChI=1S/C17H23FN4S/c1-5-19-17(22(4)10-15-11-23-13(3)21-15)20-9-14-6-7-16(18)12(2)8-14/h6-8,11H,5,9-10H2,1-4H3,(H,19,20). The van der Waals surface area contributed by atoms with Crippen molar-refractivity contribution in [3.05, 3.63) is 51.2 Å². The van der Waals surface area contributed by atoms with Crippen LogP contribution < -0.4 is 5.32 Å². The molecule has 1 aromatic carbocycles. The van der Waals surface area contributed by atoms with Crippen LogP contribution in [0, 0.1) is 19.7 Å². The maximum Gasteiger partial charge on any atom is 0.194 e. The van der Waals surface area contributed by atoms with Gasteiger partial charge in [-0.15, -0.1) is 11.3 Å². The topological polar surface area (TPSA) is 40.5 Å². The van der Waals surface area contributed by atoms with Crippen LogP contribution in [-0.2, 0) is 13.1 Å². The van der Waals surface area contributed by atoms with Gasteiger partial charge < -0.3 is 10.2 Å². The average molecular weight is 334 g/mol. The Kier molecular flexibility index (Phi) is 6.10. The van der Waals surface area contributed by atoms with E-state index in [1.165, 1.54) is 6.07 Å². The second-order valence-electron chi connectivity index (χ2n) is 5.47. The normalized spacial score (nSPS) is 11.6. The lowest BCUT2D eigenvalue weighted by Crippen LogP contribution is -2.38. The Hall–Kier alpha value is -1.95. The van der Waals surface area contributed by atoms with E-state index < -0.39 is 0 Å². The highest BCUT2D eigenvalue weighted by atomic mass is 32.1. The third-order valence-corrected chi connectivity index (χ3v) is 4.22. The molecule has 0 aliphatic rings. The van der Waals surface area contributed by atoms with Crippen molar-refractivity contribution in [1.29, 1.82) is 0 Å². The van der Waals surface area contributed by atoms with Gasteiger partial charge in [0.25, 0.3) is 0 Å². The molecule has 0 saturated heterocycles. The summed E-state index contributed by atoms with van der Waals surface area (Å²) in [4.78, 5) is 11.2. The van der Waals surface area contributed by atoms with Gasteiger partial charge in [0, 0.05) is 19.0 Å². The molecule has 1 N–H and O–H groups in total. The summed E-state index contributed by atoms with van der Waals surface area (Å²) in [5, 5.41) is 6.42. The van der Waals surface area contributed by atoms with Crippen molar-refractivity contribution in [3.63, 3.8) is 0 Å². The van der Waals surface area contributed by atoms with Crippen LogP contribution in [0.25, 0.3) is 0 Å². The third-order valence-electron chi connectivity index (χ3n) is 3.40. The molecule has 0 aliphatic heterocycles. The fourth-order valence-corrected chi connectivity index (χ4v) is 2.84. The molecule has 0 bridgehead atoms. The highest BCUT2D eigenvalue weighted by Gasteiger charge is 2.08. The number of halogens is 1. The minimum absolute atomic E-state index is 0.180. The first-order chi connectivity index (χ1) is 11.0. The van der Waals surface area contributed by atoms with Crippen molar-refractivity contribution in [2.75, 3.05) is 13.6 Å². The summed E-state index contributed by atoms with van der Waals surface area (Å²) in [6.45, 7) is 7.83. The van der Waals surface area contributed by atoms with Crippen LogP contribution in [0.4, 0.5) is 4.39 Å². The van der Waals surface area contributed by atoms with Gasteiger partial charge in [0.2, 0.25) is 0 Å². The zero-order valence-corrected chi connectivity index (χ0v) is 14.9. The van der Waals surface area contributed by atoms with E-state index in [1.54, 1.807) is 24.3 Å². The van der Waals surface area contributed by atoms with Crippen molar-refractivity contribution in [2.45, 2.75) is 33.9 Å². The number of aromatic nitrogens is 1. The van der Waals surface area contributed by atoms with Gasteiger partial charge in [0.05, 0.1) is 23.8 Å². The average Bonchev–Trinajstić information content (AvgIpc) is 2.92. The van der Waals surface area contributed by atoms with E-state index in [1.807, 2.05) is 31.9 Å². The van der Waals surface area contributed by atoms with Crippen LogP contribution >= 0.6 is 11.3 Å². The summed E-state index contributed by atoms with van der Waals surface area (Å²) in [5.41, 5.74) is 2.68. The van der Waals surface area contributed by atoms with Gasteiger partial charge in [-0.1, -0.05) is 12.1 Å². The van der Waals surface area contributed by atoms with Crippen LogP contribution in [0.5, 0.6) is 0 Å². The number of thiazole rings is 1. The van der Waals surface area contributed by atoms with Gasteiger partial charge in [0.1, 0.15) is 5.82 Å². The van der Waals surface area contributed by atoms with Crippen LogP contribution in [0.1, 0.15) is 28.8 Å². The quantitative estimate of drug-likeness (QED) is 0.672. The van der Waals surface area contributed by atoms with E-state index in [0.29, 0.717) is 18.7 Å². The van der Waals surface area contributed by atoms with E-state index >= 15 is 0 Å². The van der Waals surface area contributed by atoms with E-state index in [2.05, 4.69) is 20.7 Å². The van der Waals surface area contributed by atoms with Crippen LogP contribution in [0.2, 0.25) is 0 Å². The smallest absolute Gasteiger partial charge is 0.194 e. The molecule has 2 rings (SSSR count). The molecule has 4 nitrogen and oxygen atoms in total. The second-order valence-corrected chi connectivity index (χ2v) is 6.53. The number of hydrogen-bond donors (Lipinski definition) is 1. The van der Waals surface area contributed by atoms with Gasteiger partial charge in [0.15, 0.2) is 5.96 Å². The predicted molar refractivity (Wildman–Crippen MR) is 94.3 cm³/mol. The molecule has 1 aromatic heterocycles. The largest absolute Gasteiger partial charge is 0.357 e. The lowest BCUT2D eigenvalue weighted by Gasteiger charge is -2.21. The van der Waals surface area contributed by atoms with E-state index in [-0.39, 0.29) is 5.82 Å². The Bertz CT molecular complexity index is 681. The maximum atomic E-state index is 13.3. The summed E-state index contributed by atoms with van der Waals surface area (Å²) < 4.78 is 13.3. The van der Waals surface area contributed by atoms with Gasteiger partial charge in [-0.25, -0.2) is 14.4 Å². The number of aliphatic imine (C=N–C) groups is 1. The van der Waals surface area contributed by atoms with Crippen molar-refractivity contribution >= 4 is 17.3 Å². The number of hydrogen-bond acceptors (Lipinski definition) is 3. The summed E-state index contributed by atoms with van der Waals surface area (Å²) >= 11 is 1.65. The predicted octanol–water partition coefficient (Wildman–Crippen LogP) is 3.50. The monoisotopic (exact) mass is 334 g/mol. The van der Waals surface area contributed by atoms with Crippen molar-refractivity contribution in [3.8, 4) is 0 Å². The maximum absolute atomic E-state index is 13.3. The molecule has 0 spiro atoms. The van der Waals surface area contributed by atoms with E-state index in [0.717, 1.165) is 28.8 Å². The molecule has 0 fully saturated rings. The molecule has 23 heavy (non-hydrogen) atoms. The van der Waals surface area contributed by atoms with Gasteiger partial charge in [-0.2, -0.15) is 0 Å². The third kappa shape index (κ3) is 5.03. The first kappa shape index (κ1) is 17.4. The lowest BCUT2D eigenvalue weighted by molar-refractivity contribution is 0.471. The fourth-order valence-electron chi connectivity index (χ4n) is 2.24. The number of aryl methyl sites for hydroxylation is 2. The highest BCUT2D eigenvalue weighted by molar-refractivity contribution is 7.09. The Labute approximate surface area is 141 Å². The van der Waals surface area contributed by atoms with Crippen LogP contribution in [-0.4, -0.2) is 29.4 Å². The van der Waals surface area contributed by atoms with Gasteiger partial charge in [-0.3, -0.25) is 0 Å². The van der Waals surface area contributed by atoms with Gasteiger partial charge in [-0.05, 0) is 38.0 Å². The molecule has 0 unspecified atom stereocenters. The summed E-state index contributed by atoms with van der Waals surface area (Å²) in [7, 11) is 1.99. The molecule has 0 aliphatic carbocycles. The van der Waals surface area contributed by atoms with Crippen LogP contribution in [0.15, 0.2) is 28.6 Å². The Morgan fingerprint density at radius 1 is 1.39 bits per heavy atom. The lowest BCUT2D eigenvalue weighted by atomic mass is 10.1. The number of rotatable bonds is 5. The van der Waals surface area contributed by atoms with Crippen molar-refractivity contribution in [2.24, 2.45) is 4.99 Å².